The summed E-state index contributed by atoms with van der Waals surface area (Å²) in [6.45, 7) is 1.19. The number of halogens is 2. The standard InChI is InChI=1S/C27H29B3F2N6O4/c1-15-2-5-22(42-24(31)32)17(8-15)12-37-21-9-16(3-4-20(21)23(39)38(37)27(28,29)30)18-10-33-25(34-11-18)35-6-7-36-19(13-35)14-41-26(36)40/h2-5,8-11,19,24H,6-7,12-14,28-30H2,1H3/t19-/m1/s1. The Kier molecular flexibility index (Phi) is 6.98. The largest absolute Gasteiger partial charge is 0.447 e. The molecule has 2 aliphatic heterocycles. The molecular weight excluding hydrogens is 543 g/mol. The Morgan fingerprint density at radius 3 is 2.55 bits per heavy atom. The van der Waals surface area contributed by atoms with Crippen molar-refractivity contribution in [3.05, 3.63) is 70.3 Å². The Morgan fingerprint density at radius 2 is 1.83 bits per heavy atom. The number of alkyl halides is 2. The Balaban J connectivity index is 1.36. The maximum absolute atomic E-state index is 13.6. The fourth-order valence-electron chi connectivity index (χ4n) is 5.77. The molecule has 6 rings (SSSR count). The molecule has 15 heteroatoms. The van der Waals surface area contributed by atoms with E-state index in [2.05, 4.69) is 9.97 Å². The summed E-state index contributed by atoms with van der Waals surface area (Å²) in [5.41, 5.74) is 3.48. The third-order valence-corrected chi connectivity index (χ3v) is 7.70. The van der Waals surface area contributed by atoms with Crippen LogP contribution >= 0.6 is 0 Å². The first-order chi connectivity index (χ1) is 20.0. The third-order valence-electron chi connectivity index (χ3n) is 7.70. The molecule has 0 spiro atoms. The summed E-state index contributed by atoms with van der Waals surface area (Å²) in [6.07, 6.45) is 3.21. The number of benzene rings is 2. The van der Waals surface area contributed by atoms with Crippen LogP contribution in [0.2, 0.25) is 0 Å². The Bertz CT molecular complexity index is 1720. The molecule has 0 unspecified atom stereocenters. The van der Waals surface area contributed by atoms with E-state index in [1.165, 1.54) is 6.07 Å². The van der Waals surface area contributed by atoms with Crippen LogP contribution in [-0.4, -0.2) is 92.8 Å². The quantitative estimate of drug-likeness (QED) is 0.295. The monoisotopic (exact) mass is 572 g/mol. The molecule has 42 heavy (non-hydrogen) atoms. The topological polar surface area (TPSA) is 94.7 Å². The van der Waals surface area contributed by atoms with E-state index in [-0.39, 0.29) is 30.0 Å². The lowest BCUT2D eigenvalue weighted by molar-refractivity contribution is -0.0505. The lowest BCUT2D eigenvalue weighted by Gasteiger charge is -2.35. The molecule has 4 heterocycles. The van der Waals surface area contributed by atoms with E-state index < -0.39 is 11.8 Å². The van der Waals surface area contributed by atoms with Gasteiger partial charge in [0, 0.05) is 43.2 Å². The van der Waals surface area contributed by atoms with Crippen molar-refractivity contribution in [2.45, 2.75) is 31.4 Å². The molecule has 2 saturated heterocycles. The number of piperazine rings is 1. The number of carbonyl (C=O) groups excluding carboxylic acids is 1. The molecule has 0 aliphatic carbocycles. The van der Waals surface area contributed by atoms with Crippen molar-refractivity contribution < 1.29 is 23.0 Å². The maximum Gasteiger partial charge on any atom is 0.410 e. The van der Waals surface area contributed by atoms with Crippen LogP contribution in [0.1, 0.15) is 11.1 Å². The predicted octanol–water partition coefficient (Wildman–Crippen LogP) is 0.326. The van der Waals surface area contributed by atoms with Crippen molar-refractivity contribution >= 4 is 46.5 Å². The summed E-state index contributed by atoms with van der Waals surface area (Å²) in [6, 6.07) is 10.6. The number of anilines is 1. The van der Waals surface area contributed by atoms with Gasteiger partial charge in [0.05, 0.1) is 23.5 Å². The molecule has 1 atom stereocenters. The second-order valence-corrected chi connectivity index (χ2v) is 11.7. The molecule has 4 aromatic rings. The molecule has 2 aromatic heterocycles. The number of fused-ring (bicyclic) bond motifs is 2. The van der Waals surface area contributed by atoms with Crippen LogP contribution in [0.15, 0.2) is 53.6 Å². The van der Waals surface area contributed by atoms with Gasteiger partial charge in [-0.2, -0.15) is 8.78 Å². The Morgan fingerprint density at radius 1 is 1.07 bits per heavy atom. The third kappa shape index (κ3) is 5.12. The summed E-state index contributed by atoms with van der Waals surface area (Å²) in [5.74, 6) is 0.639. The minimum atomic E-state index is -2.97. The van der Waals surface area contributed by atoms with Crippen molar-refractivity contribution in [1.82, 2.24) is 24.2 Å². The van der Waals surface area contributed by atoms with Gasteiger partial charge < -0.3 is 14.4 Å². The number of nitrogens with zero attached hydrogens (tertiary/aromatic N) is 6. The van der Waals surface area contributed by atoms with Crippen LogP contribution in [0.25, 0.3) is 22.0 Å². The molecule has 2 aliphatic rings. The zero-order valence-electron chi connectivity index (χ0n) is 23.9. The Labute approximate surface area is 243 Å². The van der Waals surface area contributed by atoms with Gasteiger partial charge in [-0.05, 0) is 35.9 Å². The van der Waals surface area contributed by atoms with Gasteiger partial charge in [0.1, 0.15) is 35.9 Å². The fraction of sp³-hybridized carbons (Fsp3) is 0.333. The molecule has 2 aromatic carbocycles. The van der Waals surface area contributed by atoms with Crippen molar-refractivity contribution in [2.75, 3.05) is 31.1 Å². The maximum atomic E-state index is 13.6. The van der Waals surface area contributed by atoms with E-state index in [0.29, 0.717) is 48.7 Å². The highest BCUT2D eigenvalue weighted by atomic mass is 19.3. The van der Waals surface area contributed by atoms with Gasteiger partial charge in [-0.25, -0.2) is 14.8 Å². The van der Waals surface area contributed by atoms with Crippen molar-refractivity contribution in [2.24, 2.45) is 0 Å². The second kappa shape index (κ2) is 10.5. The number of carbonyl (C=O) groups is 1. The molecule has 1 amide bonds. The molecule has 0 bridgehead atoms. The fourth-order valence-corrected chi connectivity index (χ4v) is 5.77. The van der Waals surface area contributed by atoms with Crippen LogP contribution in [0, 0.1) is 6.92 Å². The zero-order chi connectivity index (χ0) is 29.8. The molecule has 214 valence electrons. The van der Waals surface area contributed by atoms with Gasteiger partial charge in [-0.15, -0.1) is 0 Å². The summed E-state index contributed by atoms with van der Waals surface area (Å²) in [4.78, 5) is 38.4. The van der Waals surface area contributed by atoms with E-state index in [9.17, 15) is 18.4 Å². The minimum Gasteiger partial charge on any atom is -0.447 e. The lowest BCUT2D eigenvalue weighted by atomic mass is 9.49. The number of ether oxygens (including phenoxy) is 2. The van der Waals surface area contributed by atoms with E-state index >= 15 is 0 Å². The molecule has 0 radical (unpaired) electrons. The highest BCUT2D eigenvalue weighted by molar-refractivity contribution is 6.56. The van der Waals surface area contributed by atoms with Crippen molar-refractivity contribution in [3.63, 3.8) is 0 Å². The number of hydrogen-bond acceptors (Lipinski definition) is 7. The molecule has 2 fully saturated rings. The average molecular weight is 572 g/mol. The molecule has 10 nitrogen and oxygen atoms in total. The Hall–Kier alpha value is -4.29. The average Bonchev–Trinajstić information content (AvgIpc) is 3.46. The molecule has 0 N–H and O–H groups in total. The highest BCUT2D eigenvalue weighted by Crippen LogP contribution is 2.29. The first-order valence-electron chi connectivity index (χ1n) is 13.8. The number of aromatic nitrogens is 4. The summed E-state index contributed by atoms with van der Waals surface area (Å²) >= 11 is 0. The van der Waals surface area contributed by atoms with Gasteiger partial charge in [0.15, 0.2) is 0 Å². The van der Waals surface area contributed by atoms with Crippen LogP contribution in [-0.2, 0) is 16.5 Å². The van der Waals surface area contributed by atoms with E-state index in [1.54, 1.807) is 40.2 Å². The lowest BCUT2D eigenvalue weighted by Crippen LogP contribution is -2.52. The zero-order valence-corrected chi connectivity index (χ0v) is 23.9. The summed E-state index contributed by atoms with van der Waals surface area (Å²) in [5, 5.41) is -0.0745. The first kappa shape index (κ1) is 27.9. The number of aryl methyl sites for hydroxylation is 1. The number of hydrogen-bond donors (Lipinski definition) is 0. The van der Waals surface area contributed by atoms with Crippen LogP contribution in [0.4, 0.5) is 19.5 Å². The normalized spacial score (nSPS) is 17.1. The van der Waals surface area contributed by atoms with Crippen molar-refractivity contribution in [3.8, 4) is 16.9 Å². The summed E-state index contributed by atoms with van der Waals surface area (Å²) < 4.78 is 39.9. The second-order valence-electron chi connectivity index (χ2n) is 11.7. The number of amides is 1. The SMILES string of the molecule is BC(B)(B)n1c(=O)c2ccc(-c3cnc(N4CCN5C(=O)OC[C@H]5C4)nc3)cc2n1Cc1cc(C)ccc1OC(F)F. The van der Waals surface area contributed by atoms with Crippen molar-refractivity contribution in [1.29, 1.82) is 0 Å². The smallest absolute Gasteiger partial charge is 0.410 e. The van der Waals surface area contributed by atoms with Crippen LogP contribution in [0.3, 0.4) is 0 Å². The first-order valence-corrected chi connectivity index (χ1v) is 13.8. The predicted molar refractivity (Wildman–Crippen MR) is 162 cm³/mol. The van der Waals surface area contributed by atoms with Crippen LogP contribution in [0.5, 0.6) is 5.75 Å². The van der Waals surface area contributed by atoms with Crippen LogP contribution < -0.4 is 15.2 Å². The van der Waals surface area contributed by atoms with E-state index in [1.807, 2.05) is 52.2 Å². The van der Waals surface area contributed by atoms with E-state index in [4.69, 9.17) is 9.47 Å². The van der Waals surface area contributed by atoms with Gasteiger partial charge in [-0.3, -0.25) is 19.1 Å². The van der Waals surface area contributed by atoms with Gasteiger partial charge in [0.25, 0.3) is 5.56 Å². The van der Waals surface area contributed by atoms with E-state index in [0.717, 1.165) is 16.7 Å². The molecule has 0 saturated carbocycles. The van der Waals surface area contributed by atoms with Gasteiger partial charge in [-0.1, -0.05) is 23.8 Å². The van der Waals surface area contributed by atoms with Gasteiger partial charge >= 0.3 is 12.7 Å². The number of rotatable bonds is 7. The number of cyclic esters (lactones) is 1. The minimum absolute atomic E-state index is 0.0134. The van der Waals surface area contributed by atoms with Gasteiger partial charge in [0.2, 0.25) is 5.95 Å². The highest BCUT2D eigenvalue weighted by Gasteiger charge is 2.38. The molecular formula is C27H29B3F2N6O4. The summed E-state index contributed by atoms with van der Waals surface area (Å²) in [7, 11) is 5.78.